The Morgan fingerprint density at radius 2 is 2.00 bits per heavy atom. The van der Waals surface area contributed by atoms with Gasteiger partial charge in [-0.2, -0.15) is 0 Å². The second kappa shape index (κ2) is 2.55. The van der Waals surface area contributed by atoms with Crippen LogP contribution < -0.4 is 0 Å². The molecule has 0 spiro atoms. The van der Waals surface area contributed by atoms with E-state index in [9.17, 15) is 4.39 Å². The largest absolute Gasteiger partial charge is 0.362 e. The molecule has 0 radical (unpaired) electrons. The van der Waals surface area contributed by atoms with Crippen molar-refractivity contribution in [3.8, 4) is 0 Å². The zero-order valence-corrected chi connectivity index (χ0v) is 8.10. The maximum atomic E-state index is 12.9. The zero-order valence-electron chi connectivity index (χ0n) is 8.10. The summed E-state index contributed by atoms with van der Waals surface area (Å²) in [5.74, 6) is -0.151. The molecule has 70 valence electrons. The molecule has 1 aromatic carbocycles. The van der Waals surface area contributed by atoms with Crippen molar-refractivity contribution in [3.63, 3.8) is 0 Å². The van der Waals surface area contributed by atoms with Crippen LogP contribution in [0.3, 0.4) is 0 Å². The van der Waals surface area contributed by atoms with Crippen LogP contribution in [0.2, 0.25) is 0 Å². The Balaban J connectivity index is 2.29. The van der Waals surface area contributed by atoms with E-state index < -0.39 is 0 Å². The molecule has 2 heteroatoms. The van der Waals surface area contributed by atoms with Gasteiger partial charge in [0.1, 0.15) is 11.9 Å². The van der Waals surface area contributed by atoms with Crippen LogP contribution in [0.25, 0.3) is 0 Å². The van der Waals surface area contributed by atoms with Crippen LogP contribution >= 0.6 is 0 Å². The summed E-state index contributed by atoms with van der Waals surface area (Å²) in [6.07, 6.45) is 0.145. The summed E-state index contributed by atoms with van der Waals surface area (Å²) in [7, 11) is 0. The third kappa shape index (κ3) is 1.46. The van der Waals surface area contributed by atoms with Crippen LogP contribution in [-0.4, -0.2) is 5.60 Å². The topological polar surface area (TPSA) is 12.5 Å². The van der Waals surface area contributed by atoms with Crippen LogP contribution in [0.4, 0.5) is 4.39 Å². The molecule has 2 rings (SSSR count). The van der Waals surface area contributed by atoms with Gasteiger partial charge in [-0.05, 0) is 38.0 Å². The van der Waals surface area contributed by atoms with Gasteiger partial charge in [0.25, 0.3) is 0 Å². The molecule has 1 aromatic rings. The van der Waals surface area contributed by atoms with Crippen LogP contribution in [0, 0.1) is 12.7 Å². The van der Waals surface area contributed by atoms with Crippen molar-refractivity contribution in [2.24, 2.45) is 0 Å². The number of halogens is 1. The first-order valence-electron chi connectivity index (χ1n) is 4.44. The highest BCUT2D eigenvalue weighted by Crippen LogP contribution is 2.48. The summed E-state index contributed by atoms with van der Waals surface area (Å²) in [5.41, 5.74) is 1.69. The maximum Gasteiger partial charge on any atom is 0.126 e. The number of aryl methyl sites for hydroxylation is 1. The molecule has 1 aliphatic rings. The van der Waals surface area contributed by atoms with E-state index in [4.69, 9.17) is 4.74 Å². The van der Waals surface area contributed by atoms with Crippen molar-refractivity contribution in [1.29, 1.82) is 0 Å². The molecule has 1 aliphatic heterocycles. The monoisotopic (exact) mass is 180 g/mol. The molecule has 0 bridgehead atoms. The predicted molar refractivity (Wildman–Crippen MR) is 49.0 cm³/mol. The Morgan fingerprint density at radius 3 is 2.46 bits per heavy atom. The molecule has 0 aliphatic carbocycles. The Hall–Kier alpha value is -0.890. The van der Waals surface area contributed by atoms with E-state index in [1.807, 2.05) is 19.9 Å². The lowest BCUT2D eigenvalue weighted by atomic mass is 10.0. The molecule has 0 amide bonds. The van der Waals surface area contributed by atoms with Gasteiger partial charge in [0.15, 0.2) is 0 Å². The highest BCUT2D eigenvalue weighted by atomic mass is 19.1. The molecular weight excluding hydrogens is 167 g/mol. The fourth-order valence-corrected chi connectivity index (χ4v) is 1.57. The van der Waals surface area contributed by atoms with Crippen molar-refractivity contribution < 1.29 is 9.13 Å². The summed E-state index contributed by atoms with van der Waals surface area (Å²) in [4.78, 5) is 0. The molecule has 1 nitrogen and oxygen atoms in total. The second-order valence-electron chi connectivity index (χ2n) is 4.11. The summed E-state index contributed by atoms with van der Waals surface area (Å²) in [6, 6.07) is 5.15. The third-order valence-electron chi connectivity index (χ3n) is 2.48. The van der Waals surface area contributed by atoms with Gasteiger partial charge in [-0.1, -0.05) is 12.1 Å². The highest BCUT2D eigenvalue weighted by molar-refractivity contribution is 5.30. The lowest BCUT2D eigenvalue weighted by molar-refractivity contribution is 0.325. The Bertz CT molecular complexity index is 344. The molecule has 0 aromatic heterocycles. The average molecular weight is 180 g/mol. The van der Waals surface area contributed by atoms with Gasteiger partial charge in [-0.15, -0.1) is 0 Å². The molecule has 1 atom stereocenters. The van der Waals surface area contributed by atoms with Crippen molar-refractivity contribution in [2.45, 2.75) is 32.5 Å². The highest BCUT2D eigenvalue weighted by Gasteiger charge is 2.48. The number of hydrogen-bond acceptors (Lipinski definition) is 1. The minimum atomic E-state index is -0.151. The van der Waals surface area contributed by atoms with Gasteiger partial charge in [0, 0.05) is 0 Å². The second-order valence-corrected chi connectivity index (χ2v) is 4.11. The fraction of sp³-hybridized carbons (Fsp3) is 0.455. The van der Waals surface area contributed by atoms with E-state index >= 15 is 0 Å². The first-order valence-corrected chi connectivity index (χ1v) is 4.44. The molecule has 0 N–H and O–H groups in total. The van der Waals surface area contributed by atoms with Gasteiger partial charge in [0.05, 0.1) is 5.60 Å². The van der Waals surface area contributed by atoms with E-state index in [0.29, 0.717) is 5.56 Å². The lowest BCUT2D eigenvalue weighted by Crippen LogP contribution is -1.98. The molecule has 1 heterocycles. The Labute approximate surface area is 77.5 Å². The smallest absolute Gasteiger partial charge is 0.126 e. The van der Waals surface area contributed by atoms with Gasteiger partial charge < -0.3 is 4.74 Å². The van der Waals surface area contributed by atoms with Gasteiger partial charge in [-0.25, -0.2) is 4.39 Å². The average Bonchev–Trinajstić information content (AvgIpc) is 2.66. The fourth-order valence-electron chi connectivity index (χ4n) is 1.57. The summed E-state index contributed by atoms with van der Waals surface area (Å²) >= 11 is 0. The van der Waals surface area contributed by atoms with Crippen LogP contribution in [0.1, 0.15) is 31.1 Å². The zero-order chi connectivity index (χ0) is 9.64. The molecule has 13 heavy (non-hydrogen) atoms. The van der Waals surface area contributed by atoms with Crippen LogP contribution in [0.15, 0.2) is 18.2 Å². The Morgan fingerprint density at radius 1 is 1.38 bits per heavy atom. The van der Waals surface area contributed by atoms with Crippen molar-refractivity contribution in [1.82, 2.24) is 0 Å². The van der Waals surface area contributed by atoms with E-state index in [1.54, 1.807) is 13.0 Å². The molecular formula is C11H13FO. The third-order valence-corrected chi connectivity index (χ3v) is 2.48. The van der Waals surface area contributed by atoms with Gasteiger partial charge in [-0.3, -0.25) is 0 Å². The van der Waals surface area contributed by atoms with E-state index in [-0.39, 0.29) is 17.5 Å². The molecule has 1 saturated heterocycles. The molecule has 0 saturated carbocycles. The standard InChI is InChI=1S/C11H13FO/c1-7-6-8(4-5-9(7)12)10-11(2,3)13-10/h4-6,10H,1-3H3. The maximum absolute atomic E-state index is 12.9. The van der Waals surface area contributed by atoms with Crippen LogP contribution in [-0.2, 0) is 4.74 Å². The minimum Gasteiger partial charge on any atom is -0.362 e. The number of epoxide rings is 1. The number of ether oxygens (including phenoxy) is 1. The van der Waals surface area contributed by atoms with Gasteiger partial charge >= 0.3 is 0 Å². The van der Waals surface area contributed by atoms with Crippen molar-refractivity contribution in [3.05, 3.63) is 35.1 Å². The van der Waals surface area contributed by atoms with E-state index in [2.05, 4.69) is 0 Å². The lowest BCUT2D eigenvalue weighted by Gasteiger charge is -2.00. The minimum absolute atomic E-state index is 0.0652. The van der Waals surface area contributed by atoms with E-state index in [1.165, 1.54) is 6.07 Å². The van der Waals surface area contributed by atoms with Crippen molar-refractivity contribution >= 4 is 0 Å². The van der Waals surface area contributed by atoms with E-state index in [0.717, 1.165) is 5.56 Å². The predicted octanol–water partition coefficient (Wildman–Crippen LogP) is 2.98. The van der Waals surface area contributed by atoms with Gasteiger partial charge in [0.2, 0.25) is 0 Å². The molecule has 1 unspecified atom stereocenters. The SMILES string of the molecule is Cc1cc(C2OC2(C)C)ccc1F. The number of benzene rings is 1. The quantitative estimate of drug-likeness (QED) is 0.605. The summed E-state index contributed by atoms with van der Waals surface area (Å²) < 4.78 is 18.4. The Kier molecular flexibility index (Phi) is 1.70. The number of rotatable bonds is 1. The van der Waals surface area contributed by atoms with Crippen LogP contribution in [0.5, 0.6) is 0 Å². The summed E-state index contributed by atoms with van der Waals surface area (Å²) in [6.45, 7) is 5.85. The summed E-state index contributed by atoms with van der Waals surface area (Å²) in [5, 5.41) is 0. The number of hydrogen-bond donors (Lipinski definition) is 0. The normalized spacial score (nSPS) is 24.5. The first kappa shape index (κ1) is 8.70. The molecule has 1 fully saturated rings. The van der Waals surface area contributed by atoms with Crippen molar-refractivity contribution in [2.75, 3.05) is 0 Å². The first-order chi connectivity index (χ1) is 6.00.